The number of carbonyl (C=O) groups excluding carboxylic acids is 1. The van der Waals surface area contributed by atoms with Crippen LogP contribution < -0.4 is 0 Å². The molecule has 1 aliphatic rings. The molecule has 1 heterocycles. The van der Waals surface area contributed by atoms with Crippen LogP contribution in [0.3, 0.4) is 0 Å². The van der Waals surface area contributed by atoms with E-state index in [2.05, 4.69) is 10.2 Å². The maximum Gasteiger partial charge on any atom is 0.299 e. The summed E-state index contributed by atoms with van der Waals surface area (Å²) in [6.07, 6.45) is 2.23. The van der Waals surface area contributed by atoms with Crippen LogP contribution in [0.1, 0.15) is 23.6 Å². The summed E-state index contributed by atoms with van der Waals surface area (Å²) in [5.41, 5.74) is 0.822. The Hall–Kier alpha value is -2.36. The van der Waals surface area contributed by atoms with Gasteiger partial charge < -0.3 is 0 Å². The Labute approximate surface area is 110 Å². The topological polar surface area (TPSA) is 59.4 Å². The number of nitroso groups, excluding NO2 is 1. The zero-order valence-corrected chi connectivity index (χ0v) is 10.2. The third kappa shape index (κ3) is 1.76. The van der Waals surface area contributed by atoms with E-state index in [0.717, 1.165) is 5.56 Å². The van der Waals surface area contributed by atoms with E-state index >= 15 is 0 Å². The van der Waals surface area contributed by atoms with E-state index in [1.54, 1.807) is 18.3 Å². The lowest BCUT2D eigenvalue weighted by Crippen LogP contribution is -2.21. The summed E-state index contributed by atoms with van der Waals surface area (Å²) in [4.78, 5) is 26.9. The Kier molecular flexibility index (Phi) is 2.71. The van der Waals surface area contributed by atoms with E-state index in [0.29, 0.717) is 12.1 Å². The number of carbonyl (C=O) groups is 1. The molecule has 2 unspecified atom stereocenters. The van der Waals surface area contributed by atoms with Gasteiger partial charge in [-0.15, -0.1) is 4.91 Å². The molecule has 0 radical (unpaired) electrons. The Morgan fingerprint density at radius 3 is 2.53 bits per heavy atom. The second kappa shape index (κ2) is 4.39. The SMILES string of the molecule is O=NC(=O)C1(c2ccccn2)CC1c1ccccc1. The smallest absolute Gasteiger partial charge is 0.268 e. The van der Waals surface area contributed by atoms with Gasteiger partial charge in [-0.1, -0.05) is 36.4 Å². The van der Waals surface area contributed by atoms with E-state index in [1.165, 1.54) is 0 Å². The van der Waals surface area contributed by atoms with Gasteiger partial charge in [-0.2, -0.15) is 0 Å². The summed E-state index contributed by atoms with van der Waals surface area (Å²) in [6, 6.07) is 15.1. The van der Waals surface area contributed by atoms with Gasteiger partial charge in [0.05, 0.1) is 5.69 Å². The summed E-state index contributed by atoms with van der Waals surface area (Å²) in [5.74, 6) is -0.631. The molecule has 19 heavy (non-hydrogen) atoms. The number of hydrogen-bond donors (Lipinski definition) is 0. The van der Waals surface area contributed by atoms with Crippen LogP contribution in [0.25, 0.3) is 0 Å². The molecule has 0 N–H and O–H groups in total. The molecule has 1 saturated carbocycles. The number of aromatic nitrogens is 1. The maximum atomic E-state index is 12.0. The minimum Gasteiger partial charge on any atom is -0.268 e. The molecule has 3 rings (SSSR count). The van der Waals surface area contributed by atoms with Crippen molar-refractivity contribution in [2.24, 2.45) is 5.18 Å². The van der Waals surface area contributed by atoms with E-state index in [-0.39, 0.29) is 5.92 Å². The molecular weight excluding hydrogens is 240 g/mol. The third-order valence-electron chi connectivity index (χ3n) is 3.75. The molecular formula is C15H12N2O2. The van der Waals surface area contributed by atoms with Crippen LogP contribution in [0.4, 0.5) is 0 Å². The fourth-order valence-electron chi connectivity index (χ4n) is 2.69. The zero-order valence-electron chi connectivity index (χ0n) is 10.2. The largest absolute Gasteiger partial charge is 0.299 e. The monoisotopic (exact) mass is 252 g/mol. The quantitative estimate of drug-likeness (QED) is 0.789. The van der Waals surface area contributed by atoms with Gasteiger partial charge in [-0.25, -0.2) is 0 Å². The highest BCUT2D eigenvalue weighted by Gasteiger charge is 2.63. The van der Waals surface area contributed by atoms with Crippen molar-refractivity contribution in [3.05, 3.63) is 70.9 Å². The number of amides is 1. The first-order valence-corrected chi connectivity index (χ1v) is 6.13. The van der Waals surface area contributed by atoms with Crippen LogP contribution in [-0.2, 0) is 10.2 Å². The van der Waals surface area contributed by atoms with Crippen LogP contribution in [-0.4, -0.2) is 10.9 Å². The number of rotatable bonds is 3. The number of nitrogens with zero attached hydrogens (tertiary/aromatic N) is 2. The molecule has 0 aliphatic heterocycles. The van der Waals surface area contributed by atoms with Crippen LogP contribution in [0, 0.1) is 4.91 Å². The van der Waals surface area contributed by atoms with Crippen molar-refractivity contribution in [3.8, 4) is 0 Å². The Morgan fingerprint density at radius 1 is 1.16 bits per heavy atom. The fourth-order valence-corrected chi connectivity index (χ4v) is 2.69. The second-order valence-corrected chi connectivity index (χ2v) is 4.75. The minimum atomic E-state index is -0.857. The van der Waals surface area contributed by atoms with Gasteiger partial charge in [0.2, 0.25) is 0 Å². The molecule has 1 fully saturated rings. The average molecular weight is 252 g/mol. The Bertz CT molecular complexity index is 613. The first-order chi connectivity index (χ1) is 9.29. The average Bonchev–Trinajstić information content (AvgIpc) is 3.25. The highest BCUT2D eigenvalue weighted by molar-refractivity contribution is 5.93. The van der Waals surface area contributed by atoms with Crippen molar-refractivity contribution < 1.29 is 4.79 Å². The molecule has 1 aromatic heterocycles. The van der Waals surface area contributed by atoms with E-state index in [4.69, 9.17) is 0 Å². The molecule has 1 aromatic carbocycles. The lowest BCUT2D eigenvalue weighted by molar-refractivity contribution is -0.120. The van der Waals surface area contributed by atoms with Gasteiger partial charge >= 0.3 is 0 Å². The second-order valence-electron chi connectivity index (χ2n) is 4.75. The van der Waals surface area contributed by atoms with Crippen LogP contribution in [0.15, 0.2) is 59.9 Å². The van der Waals surface area contributed by atoms with Gasteiger partial charge in [0.1, 0.15) is 5.41 Å². The summed E-state index contributed by atoms with van der Waals surface area (Å²) in [5, 5.41) is 2.65. The molecule has 2 atom stereocenters. The van der Waals surface area contributed by atoms with Gasteiger partial charge in [0.15, 0.2) is 0 Å². The van der Waals surface area contributed by atoms with Crippen LogP contribution in [0.5, 0.6) is 0 Å². The molecule has 0 spiro atoms. The van der Waals surface area contributed by atoms with Gasteiger partial charge in [-0.3, -0.25) is 9.78 Å². The van der Waals surface area contributed by atoms with Gasteiger partial charge in [-0.05, 0) is 24.1 Å². The highest BCUT2D eigenvalue weighted by atomic mass is 16.3. The predicted molar refractivity (Wildman–Crippen MR) is 70.5 cm³/mol. The van der Waals surface area contributed by atoms with E-state index < -0.39 is 11.3 Å². The first-order valence-electron chi connectivity index (χ1n) is 6.13. The molecule has 1 aliphatic carbocycles. The molecule has 4 heteroatoms. The zero-order chi connectivity index (χ0) is 13.3. The lowest BCUT2D eigenvalue weighted by atomic mass is 9.94. The Balaban J connectivity index is 2.03. The summed E-state index contributed by atoms with van der Waals surface area (Å²) in [7, 11) is 0. The van der Waals surface area contributed by atoms with Crippen LogP contribution >= 0.6 is 0 Å². The number of pyridine rings is 1. The van der Waals surface area contributed by atoms with E-state index in [9.17, 15) is 9.70 Å². The standard InChI is InChI=1S/C15H12N2O2/c18-14(17-19)15(13-8-4-5-9-16-13)10-12(15)11-6-2-1-3-7-11/h1-9,12H,10H2. The van der Waals surface area contributed by atoms with Crippen molar-refractivity contribution >= 4 is 5.91 Å². The minimum absolute atomic E-state index is 0.00574. The normalized spacial score (nSPS) is 24.7. The molecule has 1 amide bonds. The number of benzene rings is 1. The van der Waals surface area contributed by atoms with Gasteiger partial charge in [0, 0.05) is 17.3 Å². The lowest BCUT2D eigenvalue weighted by Gasteiger charge is -2.11. The predicted octanol–water partition coefficient (Wildman–Crippen LogP) is 2.80. The molecule has 4 nitrogen and oxygen atoms in total. The summed E-state index contributed by atoms with van der Waals surface area (Å²) < 4.78 is 0. The Morgan fingerprint density at radius 2 is 1.89 bits per heavy atom. The molecule has 2 aromatic rings. The van der Waals surface area contributed by atoms with Crippen molar-refractivity contribution in [1.82, 2.24) is 4.98 Å². The van der Waals surface area contributed by atoms with Crippen LogP contribution in [0.2, 0.25) is 0 Å². The molecule has 0 bridgehead atoms. The van der Waals surface area contributed by atoms with Crippen molar-refractivity contribution in [2.45, 2.75) is 17.8 Å². The third-order valence-corrected chi connectivity index (χ3v) is 3.75. The summed E-state index contributed by atoms with van der Waals surface area (Å²) in [6.45, 7) is 0. The van der Waals surface area contributed by atoms with Gasteiger partial charge in [0.25, 0.3) is 5.91 Å². The van der Waals surface area contributed by atoms with E-state index in [1.807, 2.05) is 36.4 Å². The number of hydrogen-bond acceptors (Lipinski definition) is 3. The van der Waals surface area contributed by atoms with Crippen molar-refractivity contribution in [2.75, 3.05) is 0 Å². The fraction of sp³-hybridized carbons (Fsp3) is 0.200. The molecule has 0 saturated heterocycles. The first kappa shape index (κ1) is 11.7. The van der Waals surface area contributed by atoms with Crippen molar-refractivity contribution in [1.29, 1.82) is 0 Å². The molecule has 94 valence electrons. The summed E-state index contributed by atoms with van der Waals surface area (Å²) >= 11 is 0. The van der Waals surface area contributed by atoms with Crippen molar-refractivity contribution in [3.63, 3.8) is 0 Å². The highest BCUT2D eigenvalue weighted by Crippen LogP contribution is 2.60. The maximum absolute atomic E-state index is 12.0.